The molecule has 4 aromatic rings. The molecule has 1 aromatic heterocycles. The minimum atomic E-state index is -0.124. The third-order valence-corrected chi connectivity index (χ3v) is 6.87. The molecule has 0 bridgehead atoms. The number of carbonyl (C=O) groups excluding carboxylic acids is 1. The molecular formula is C27H24N2O. The van der Waals surface area contributed by atoms with Crippen molar-refractivity contribution in [2.24, 2.45) is 0 Å². The number of fused-ring (bicyclic) bond motifs is 5. The summed E-state index contributed by atoms with van der Waals surface area (Å²) in [6.45, 7) is 1.66. The fourth-order valence-electron chi connectivity index (χ4n) is 5.39. The van der Waals surface area contributed by atoms with Crippen molar-refractivity contribution in [2.75, 3.05) is 13.1 Å². The Morgan fingerprint density at radius 2 is 1.67 bits per heavy atom. The smallest absolute Gasteiger partial charge is 0.230 e. The lowest BCUT2D eigenvalue weighted by molar-refractivity contribution is -0.131. The molecule has 1 fully saturated rings. The van der Waals surface area contributed by atoms with E-state index in [0.717, 1.165) is 37.1 Å². The first-order valence-corrected chi connectivity index (χ1v) is 10.8. The van der Waals surface area contributed by atoms with Gasteiger partial charge in [0.2, 0.25) is 5.91 Å². The molecule has 1 N–H and O–H groups in total. The summed E-state index contributed by atoms with van der Waals surface area (Å²) in [5.74, 6) is 0.586. The lowest BCUT2D eigenvalue weighted by Gasteiger charge is -2.28. The number of aromatic nitrogens is 1. The average molecular weight is 393 g/mol. The summed E-state index contributed by atoms with van der Waals surface area (Å²) in [6, 6.07) is 27.5. The monoisotopic (exact) mass is 392 g/mol. The number of rotatable bonds is 2. The minimum absolute atomic E-state index is 0.124. The van der Waals surface area contributed by atoms with E-state index in [1.165, 1.54) is 27.6 Å². The van der Waals surface area contributed by atoms with Crippen LogP contribution in [-0.2, 0) is 11.2 Å². The van der Waals surface area contributed by atoms with E-state index in [4.69, 9.17) is 0 Å². The number of benzene rings is 3. The molecule has 1 amide bonds. The summed E-state index contributed by atoms with van der Waals surface area (Å²) in [7, 11) is 0. The molecular weight excluding hydrogens is 368 g/mol. The van der Waals surface area contributed by atoms with Crippen LogP contribution in [0, 0.1) is 0 Å². The Kier molecular flexibility index (Phi) is 4.02. The maximum atomic E-state index is 13.8. The standard InChI is InChI=1S/C27H24N2O/c30-27(29-15-14-20(17-29)18-8-2-1-3-9-18)23-16-19-10-4-5-11-21(19)26-25(23)22-12-6-7-13-24(22)28-26/h1-13,20,23,28H,14-17H2. The number of nitrogens with one attached hydrogen (secondary N) is 1. The normalized spacial score (nSPS) is 20.2. The second-order valence-electron chi connectivity index (χ2n) is 8.55. The molecule has 3 aromatic carbocycles. The summed E-state index contributed by atoms with van der Waals surface area (Å²) < 4.78 is 0. The highest BCUT2D eigenvalue weighted by molar-refractivity contribution is 5.99. The first-order valence-electron chi connectivity index (χ1n) is 10.8. The van der Waals surface area contributed by atoms with Crippen LogP contribution in [0.5, 0.6) is 0 Å². The molecule has 148 valence electrons. The fourth-order valence-corrected chi connectivity index (χ4v) is 5.39. The summed E-state index contributed by atoms with van der Waals surface area (Å²) in [5, 5.41) is 1.18. The van der Waals surface area contributed by atoms with Crippen molar-refractivity contribution in [1.82, 2.24) is 9.88 Å². The molecule has 0 radical (unpaired) electrons. The van der Waals surface area contributed by atoms with Crippen LogP contribution in [0.15, 0.2) is 78.9 Å². The van der Waals surface area contributed by atoms with Gasteiger partial charge in [-0.2, -0.15) is 0 Å². The van der Waals surface area contributed by atoms with Crippen LogP contribution in [0.25, 0.3) is 22.2 Å². The van der Waals surface area contributed by atoms with Gasteiger partial charge in [0.05, 0.1) is 11.6 Å². The first-order chi connectivity index (χ1) is 14.8. The SMILES string of the molecule is O=C(C1Cc2ccccc2-c2[nH]c3ccccc3c21)N1CCC(c2ccccc2)C1. The van der Waals surface area contributed by atoms with Crippen LogP contribution < -0.4 is 0 Å². The highest BCUT2D eigenvalue weighted by Gasteiger charge is 2.37. The first kappa shape index (κ1) is 17.5. The van der Waals surface area contributed by atoms with Crippen molar-refractivity contribution in [2.45, 2.75) is 24.7 Å². The van der Waals surface area contributed by atoms with Gasteiger partial charge in [0.15, 0.2) is 0 Å². The summed E-state index contributed by atoms with van der Waals surface area (Å²) in [6.07, 6.45) is 1.82. The van der Waals surface area contributed by atoms with Gasteiger partial charge < -0.3 is 9.88 Å². The number of amides is 1. The Bertz CT molecular complexity index is 1240. The molecule has 6 rings (SSSR count). The van der Waals surface area contributed by atoms with Gasteiger partial charge >= 0.3 is 0 Å². The molecule has 1 saturated heterocycles. The second kappa shape index (κ2) is 6.88. The van der Waals surface area contributed by atoms with E-state index >= 15 is 0 Å². The van der Waals surface area contributed by atoms with Gasteiger partial charge in [0.25, 0.3) is 0 Å². The van der Waals surface area contributed by atoms with Crippen molar-refractivity contribution >= 4 is 16.8 Å². The molecule has 3 heteroatoms. The molecule has 2 unspecified atom stereocenters. The van der Waals surface area contributed by atoms with E-state index < -0.39 is 0 Å². The minimum Gasteiger partial charge on any atom is -0.354 e. The van der Waals surface area contributed by atoms with E-state index in [9.17, 15) is 4.79 Å². The van der Waals surface area contributed by atoms with Crippen LogP contribution >= 0.6 is 0 Å². The zero-order valence-electron chi connectivity index (χ0n) is 16.8. The Morgan fingerprint density at radius 3 is 2.57 bits per heavy atom. The largest absolute Gasteiger partial charge is 0.354 e. The molecule has 1 aliphatic carbocycles. The topological polar surface area (TPSA) is 36.1 Å². The molecule has 2 atom stereocenters. The summed E-state index contributed by atoms with van der Waals surface area (Å²) >= 11 is 0. The maximum absolute atomic E-state index is 13.8. The van der Waals surface area contributed by atoms with E-state index in [0.29, 0.717) is 5.92 Å². The molecule has 1 aliphatic heterocycles. The number of hydrogen-bond acceptors (Lipinski definition) is 1. The van der Waals surface area contributed by atoms with Crippen LogP contribution in [0.3, 0.4) is 0 Å². The van der Waals surface area contributed by atoms with E-state index in [1.807, 2.05) is 0 Å². The number of carbonyl (C=O) groups is 1. The Labute approximate surface area is 176 Å². The number of hydrogen-bond donors (Lipinski definition) is 1. The lowest BCUT2D eigenvalue weighted by Crippen LogP contribution is -2.35. The molecule has 0 saturated carbocycles. The van der Waals surface area contributed by atoms with Crippen LogP contribution in [0.2, 0.25) is 0 Å². The van der Waals surface area contributed by atoms with E-state index in [1.54, 1.807) is 0 Å². The fraction of sp³-hybridized carbons (Fsp3) is 0.222. The molecule has 0 spiro atoms. The van der Waals surface area contributed by atoms with Crippen molar-refractivity contribution in [3.8, 4) is 11.3 Å². The number of H-pyrrole nitrogens is 1. The van der Waals surface area contributed by atoms with Crippen molar-refractivity contribution in [3.63, 3.8) is 0 Å². The van der Waals surface area contributed by atoms with Gasteiger partial charge in [-0.1, -0.05) is 72.8 Å². The molecule has 3 nitrogen and oxygen atoms in total. The van der Waals surface area contributed by atoms with Crippen molar-refractivity contribution < 1.29 is 4.79 Å². The van der Waals surface area contributed by atoms with E-state index in [2.05, 4.69) is 88.7 Å². The quantitative estimate of drug-likeness (QED) is 0.481. The third kappa shape index (κ3) is 2.69. The average Bonchev–Trinajstić information content (AvgIpc) is 3.44. The zero-order valence-corrected chi connectivity index (χ0v) is 16.8. The predicted octanol–water partition coefficient (Wildman–Crippen LogP) is 5.49. The van der Waals surface area contributed by atoms with Gasteiger partial charge in [-0.25, -0.2) is 0 Å². The maximum Gasteiger partial charge on any atom is 0.230 e. The van der Waals surface area contributed by atoms with E-state index in [-0.39, 0.29) is 11.8 Å². The Hall–Kier alpha value is -3.33. The molecule has 2 aliphatic rings. The zero-order chi connectivity index (χ0) is 20.1. The van der Waals surface area contributed by atoms with Crippen molar-refractivity contribution in [1.29, 1.82) is 0 Å². The second-order valence-corrected chi connectivity index (χ2v) is 8.55. The van der Waals surface area contributed by atoms with Gasteiger partial charge in [-0.3, -0.25) is 4.79 Å². The van der Waals surface area contributed by atoms with Crippen molar-refractivity contribution in [3.05, 3.63) is 95.6 Å². The molecule has 2 heterocycles. The lowest BCUT2D eigenvalue weighted by atomic mass is 9.80. The number of nitrogens with zero attached hydrogens (tertiary/aromatic N) is 1. The number of aromatic amines is 1. The summed E-state index contributed by atoms with van der Waals surface area (Å²) in [4.78, 5) is 19.5. The number of para-hydroxylation sites is 1. The van der Waals surface area contributed by atoms with Gasteiger partial charge in [0, 0.05) is 35.5 Å². The summed E-state index contributed by atoms with van der Waals surface area (Å²) in [5.41, 5.74) is 7.24. The van der Waals surface area contributed by atoms with Gasteiger partial charge in [0.1, 0.15) is 0 Å². The predicted molar refractivity (Wildman–Crippen MR) is 121 cm³/mol. The molecule has 30 heavy (non-hydrogen) atoms. The highest BCUT2D eigenvalue weighted by Crippen LogP contribution is 2.44. The van der Waals surface area contributed by atoms with Crippen LogP contribution in [0.1, 0.15) is 34.9 Å². The third-order valence-electron chi connectivity index (χ3n) is 6.87. The van der Waals surface area contributed by atoms with Crippen LogP contribution in [0.4, 0.5) is 0 Å². The Balaban J connectivity index is 1.39. The highest BCUT2D eigenvalue weighted by atomic mass is 16.2. The van der Waals surface area contributed by atoms with Gasteiger partial charge in [-0.05, 0) is 35.6 Å². The number of likely N-dealkylation sites (tertiary alicyclic amines) is 1. The van der Waals surface area contributed by atoms with Gasteiger partial charge in [-0.15, -0.1) is 0 Å². The van der Waals surface area contributed by atoms with Crippen LogP contribution in [-0.4, -0.2) is 28.9 Å². The Morgan fingerprint density at radius 1 is 0.900 bits per heavy atom.